The number of rotatable bonds is 9. The molecule has 2 amide bonds. The summed E-state index contributed by atoms with van der Waals surface area (Å²) in [7, 11) is 1.84. The number of aryl methyl sites for hydroxylation is 2. The predicted molar refractivity (Wildman–Crippen MR) is 167 cm³/mol. The molecule has 0 unspecified atom stereocenters. The highest BCUT2D eigenvalue weighted by molar-refractivity contribution is 7.09. The molecule has 0 spiro atoms. The molecule has 0 bridgehead atoms. The van der Waals surface area contributed by atoms with Crippen molar-refractivity contribution in [1.82, 2.24) is 30.3 Å². The number of nitrogens with one attached hydrogen (secondary N) is 2. The van der Waals surface area contributed by atoms with E-state index in [4.69, 9.17) is 0 Å². The molecule has 10 heteroatoms. The van der Waals surface area contributed by atoms with E-state index in [0.29, 0.717) is 24.1 Å². The van der Waals surface area contributed by atoms with E-state index in [9.17, 15) is 14.7 Å². The topological polar surface area (TPSA) is 112 Å². The van der Waals surface area contributed by atoms with Crippen LogP contribution in [0.3, 0.4) is 0 Å². The van der Waals surface area contributed by atoms with Crippen LogP contribution in [0.5, 0.6) is 0 Å². The normalized spacial score (nSPS) is 19.8. The second-order valence-corrected chi connectivity index (χ2v) is 12.5. The number of thiazole rings is 1. The molecule has 2 aliphatic heterocycles. The maximum absolute atomic E-state index is 14.0. The average Bonchev–Trinajstić information content (AvgIpc) is 3.84. The molecule has 2 saturated heterocycles. The number of aromatic nitrogens is 3. The van der Waals surface area contributed by atoms with Crippen LogP contribution >= 0.6 is 11.3 Å². The quantitative estimate of drug-likeness (QED) is 0.265. The lowest BCUT2D eigenvalue weighted by Crippen LogP contribution is -2.52. The first kappa shape index (κ1) is 29.2. The van der Waals surface area contributed by atoms with Gasteiger partial charge in [-0.3, -0.25) is 14.3 Å². The van der Waals surface area contributed by atoms with Crippen LogP contribution in [-0.4, -0.2) is 67.9 Å². The number of carbonyl (C=O) groups is 2. The van der Waals surface area contributed by atoms with E-state index in [2.05, 4.69) is 20.7 Å². The van der Waals surface area contributed by atoms with Crippen molar-refractivity contribution >= 4 is 23.2 Å². The van der Waals surface area contributed by atoms with Crippen molar-refractivity contribution in [1.29, 1.82) is 0 Å². The zero-order valence-electron chi connectivity index (χ0n) is 24.6. The monoisotopic (exact) mass is 598 g/mol. The molecule has 0 aliphatic carbocycles. The molecular weight excluding hydrogens is 560 g/mol. The average molecular weight is 599 g/mol. The number of aliphatic hydroxyl groups is 1. The van der Waals surface area contributed by atoms with E-state index in [-0.39, 0.29) is 23.9 Å². The van der Waals surface area contributed by atoms with Crippen LogP contribution in [0.1, 0.15) is 68.7 Å². The minimum absolute atomic E-state index is 0.0742. The lowest BCUT2D eigenvalue weighted by atomic mass is 9.94. The highest BCUT2D eigenvalue weighted by Crippen LogP contribution is 2.35. The van der Waals surface area contributed by atoms with Crippen LogP contribution in [0.4, 0.5) is 0 Å². The van der Waals surface area contributed by atoms with Crippen molar-refractivity contribution in [2.45, 2.75) is 63.3 Å². The highest BCUT2D eigenvalue weighted by Gasteiger charge is 2.34. The fraction of sp³-hybridized carbons (Fsp3) is 0.394. The molecule has 9 nitrogen and oxygen atoms in total. The summed E-state index contributed by atoms with van der Waals surface area (Å²) in [5.74, 6) is -0.447. The lowest BCUT2D eigenvalue weighted by molar-refractivity contribution is 0.0733. The first-order chi connectivity index (χ1) is 20.9. The summed E-state index contributed by atoms with van der Waals surface area (Å²) in [6.45, 7) is 3.46. The van der Waals surface area contributed by atoms with Crippen molar-refractivity contribution in [3.8, 4) is 11.1 Å². The largest absolute Gasteiger partial charge is 0.389 e. The Balaban J connectivity index is 1.32. The molecule has 4 aromatic rings. The fourth-order valence-electron chi connectivity index (χ4n) is 6.24. The first-order valence-corrected chi connectivity index (χ1v) is 15.9. The Bertz CT molecular complexity index is 1580. The first-order valence-electron chi connectivity index (χ1n) is 15.0. The minimum atomic E-state index is -0.763. The van der Waals surface area contributed by atoms with Gasteiger partial charge in [-0.05, 0) is 74.9 Å². The van der Waals surface area contributed by atoms with Gasteiger partial charge in [0.25, 0.3) is 11.8 Å². The SMILES string of the molecule is Cc1csc([C@H]2CCCN2C(=O)c2cc(C(=O)N[C@H](Cc3ccccc3)[C@H](O)[C@@H]3CCCN3)cc(-c3cnn(C)c3)c2)n1. The number of hydrogen-bond donors (Lipinski definition) is 3. The van der Waals surface area contributed by atoms with Gasteiger partial charge >= 0.3 is 0 Å². The van der Waals surface area contributed by atoms with Crippen LogP contribution in [0.25, 0.3) is 11.1 Å². The van der Waals surface area contributed by atoms with E-state index in [1.807, 2.05) is 66.8 Å². The Kier molecular flexibility index (Phi) is 8.69. The van der Waals surface area contributed by atoms with Gasteiger partial charge in [-0.25, -0.2) is 4.98 Å². The van der Waals surface area contributed by atoms with Crippen molar-refractivity contribution in [3.63, 3.8) is 0 Å². The smallest absolute Gasteiger partial charge is 0.254 e. The van der Waals surface area contributed by atoms with Gasteiger partial charge in [-0.15, -0.1) is 11.3 Å². The molecule has 0 saturated carbocycles. The summed E-state index contributed by atoms with van der Waals surface area (Å²) in [5, 5.41) is 25.2. The van der Waals surface area contributed by atoms with E-state index in [0.717, 1.165) is 59.6 Å². The zero-order chi connectivity index (χ0) is 29.9. The molecule has 6 rings (SSSR count). The van der Waals surface area contributed by atoms with Crippen LogP contribution in [0.2, 0.25) is 0 Å². The Morgan fingerprint density at radius 2 is 1.93 bits per heavy atom. The summed E-state index contributed by atoms with van der Waals surface area (Å²) in [4.78, 5) is 34.5. The summed E-state index contributed by atoms with van der Waals surface area (Å²) >= 11 is 1.59. The second-order valence-electron chi connectivity index (χ2n) is 11.6. The van der Waals surface area contributed by atoms with E-state index >= 15 is 0 Å². The summed E-state index contributed by atoms with van der Waals surface area (Å²) < 4.78 is 1.70. The molecule has 224 valence electrons. The Labute approximate surface area is 256 Å². The molecule has 3 N–H and O–H groups in total. The Morgan fingerprint density at radius 3 is 2.63 bits per heavy atom. The second kappa shape index (κ2) is 12.8. The Hall–Kier alpha value is -3.86. The van der Waals surface area contributed by atoms with Gasteiger partial charge in [0, 0.05) is 53.6 Å². The number of aliphatic hydroxyl groups excluding tert-OH is 1. The zero-order valence-corrected chi connectivity index (χ0v) is 25.4. The number of hydrogen-bond acceptors (Lipinski definition) is 7. The molecular formula is C33H38N6O3S. The molecule has 2 aliphatic rings. The Morgan fingerprint density at radius 1 is 1.12 bits per heavy atom. The summed E-state index contributed by atoms with van der Waals surface area (Å²) in [6, 6.07) is 14.5. The van der Waals surface area contributed by atoms with Crippen molar-refractivity contribution < 1.29 is 14.7 Å². The van der Waals surface area contributed by atoms with Gasteiger partial charge in [0.2, 0.25) is 0 Å². The molecule has 2 aromatic carbocycles. The minimum Gasteiger partial charge on any atom is -0.389 e. The fourth-order valence-corrected chi connectivity index (χ4v) is 7.18. The number of nitrogens with zero attached hydrogens (tertiary/aromatic N) is 4. The van der Waals surface area contributed by atoms with Crippen LogP contribution in [0, 0.1) is 6.92 Å². The number of amides is 2. The van der Waals surface area contributed by atoms with Crippen molar-refractivity contribution in [2.24, 2.45) is 7.05 Å². The highest BCUT2D eigenvalue weighted by atomic mass is 32.1. The molecule has 0 radical (unpaired) electrons. The molecule has 4 atom stereocenters. The summed E-state index contributed by atoms with van der Waals surface area (Å²) in [6.07, 6.45) is 6.94. The van der Waals surface area contributed by atoms with Crippen LogP contribution < -0.4 is 10.6 Å². The third-order valence-corrected chi connectivity index (χ3v) is 9.52. The van der Waals surface area contributed by atoms with Crippen LogP contribution in [-0.2, 0) is 13.5 Å². The van der Waals surface area contributed by atoms with Gasteiger partial charge in [0.15, 0.2) is 0 Å². The number of benzene rings is 2. The van der Waals surface area contributed by atoms with Gasteiger partial charge in [0.05, 0.1) is 24.4 Å². The molecule has 4 heterocycles. The third-order valence-electron chi connectivity index (χ3n) is 8.45. The maximum atomic E-state index is 14.0. The molecule has 2 aromatic heterocycles. The number of carbonyl (C=O) groups excluding carboxylic acids is 2. The van der Waals surface area contributed by atoms with E-state index < -0.39 is 12.1 Å². The van der Waals surface area contributed by atoms with Gasteiger partial charge in [-0.1, -0.05) is 30.3 Å². The van der Waals surface area contributed by atoms with Crippen molar-refractivity contribution in [3.05, 3.63) is 93.7 Å². The van der Waals surface area contributed by atoms with Gasteiger partial charge in [-0.2, -0.15) is 5.10 Å². The van der Waals surface area contributed by atoms with Gasteiger partial charge < -0.3 is 20.6 Å². The van der Waals surface area contributed by atoms with Crippen LogP contribution in [0.15, 0.2) is 66.3 Å². The molecule has 2 fully saturated rings. The maximum Gasteiger partial charge on any atom is 0.254 e. The summed E-state index contributed by atoms with van der Waals surface area (Å²) in [5.41, 5.74) is 4.36. The molecule has 43 heavy (non-hydrogen) atoms. The number of likely N-dealkylation sites (tertiary alicyclic amines) is 1. The third kappa shape index (κ3) is 6.56. The van der Waals surface area contributed by atoms with Gasteiger partial charge in [0.1, 0.15) is 5.01 Å². The standard InChI is InChI=1S/C33H38N6O3S/c1-21-20-43-32(36-21)29-11-7-13-39(29)33(42)25-16-23(26-18-35-38(2)19-26)15-24(17-25)31(41)37-28(14-22-8-4-3-5-9-22)30(40)27-10-6-12-34-27/h3-5,8-9,15-20,27-30,34,40H,6-7,10-14H2,1-2H3,(H,37,41)/t27-,28+,29+,30+/m0/s1. The lowest BCUT2D eigenvalue weighted by Gasteiger charge is -2.29. The predicted octanol–water partition coefficient (Wildman–Crippen LogP) is 4.28. The van der Waals surface area contributed by atoms with Crippen molar-refractivity contribution in [2.75, 3.05) is 13.1 Å². The van der Waals surface area contributed by atoms with E-state index in [1.54, 1.807) is 34.3 Å². The van der Waals surface area contributed by atoms with E-state index in [1.165, 1.54) is 0 Å².